The van der Waals surface area contributed by atoms with Crippen LogP contribution in [0.5, 0.6) is 5.75 Å². The van der Waals surface area contributed by atoms with E-state index in [2.05, 4.69) is 24.8 Å². The predicted octanol–water partition coefficient (Wildman–Crippen LogP) is 6.89. The van der Waals surface area contributed by atoms with Gasteiger partial charge in [-0.2, -0.15) is 0 Å². The second-order valence-corrected chi connectivity index (χ2v) is 10.2. The van der Waals surface area contributed by atoms with Gasteiger partial charge in [-0.25, -0.2) is 9.69 Å². The quantitative estimate of drug-likeness (QED) is 0.167. The van der Waals surface area contributed by atoms with Gasteiger partial charge in [-0.15, -0.1) is 11.3 Å². The molecule has 1 aromatic heterocycles. The van der Waals surface area contributed by atoms with Crippen molar-refractivity contribution in [1.82, 2.24) is 0 Å². The first-order chi connectivity index (χ1) is 17.1. The molecule has 2 aromatic carbocycles. The number of benzene rings is 2. The van der Waals surface area contributed by atoms with Crippen LogP contribution >= 0.6 is 11.3 Å². The van der Waals surface area contributed by atoms with Gasteiger partial charge in [-0.05, 0) is 81.7 Å². The van der Waals surface area contributed by atoms with Crippen molar-refractivity contribution in [3.8, 4) is 16.2 Å². The Morgan fingerprint density at radius 1 is 0.889 bits per heavy atom. The zero-order valence-corrected chi connectivity index (χ0v) is 21.8. The third-order valence-electron chi connectivity index (χ3n) is 5.99. The van der Waals surface area contributed by atoms with Crippen molar-refractivity contribution in [2.24, 2.45) is 0 Å². The van der Waals surface area contributed by atoms with Crippen LogP contribution in [0.1, 0.15) is 38.1 Å². The molecule has 0 unspecified atom stereocenters. The number of ether oxygens (including phenoxy) is 1. The van der Waals surface area contributed by atoms with Gasteiger partial charge >= 0.3 is 5.97 Å². The first kappa shape index (κ1) is 25.1. The first-order valence-electron chi connectivity index (χ1n) is 11.5. The summed E-state index contributed by atoms with van der Waals surface area (Å²) in [5.74, 6) is -0.961. The molecule has 1 aliphatic heterocycles. The van der Waals surface area contributed by atoms with Gasteiger partial charge in [0.2, 0.25) is 0 Å². The van der Waals surface area contributed by atoms with Gasteiger partial charge in [0.15, 0.2) is 0 Å². The standard InChI is InChI=1S/C30H27NO4S/c1-17(2)26-27(19(5)24-16-25(36-20(24)6)21-10-8-7-9-11-21)29(33)31(28(26)32)22-12-14-23(15-13-22)35-30(34)18(3)4/h7-16H,3H2,1-2,4-6H3/b27-19+. The van der Waals surface area contributed by atoms with Crippen molar-refractivity contribution in [3.63, 3.8) is 0 Å². The number of hydrogen-bond acceptors (Lipinski definition) is 5. The number of rotatable bonds is 5. The second-order valence-electron chi connectivity index (χ2n) is 8.93. The van der Waals surface area contributed by atoms with Crippen LogP contribution in [-0.2, 0) is 14.4 Å². The van der Waals surface area contributed by atoms with Gasteiger partial charge < -0.3 is 4.74 Å². The third-order valence-corrected chi connectivity index (χ3v) is 7.09. The number of carbonyl (C=O) groups is 3. The van der Waals surface area contributed by atoms with E-state index in [0.717, 1.165) is 32.0 Å². The molecule has 0 radical (unpaired) electrons. The summed E-state index contributed by atoms with van der Waals surface area (Å²) in [5, 5.41) is 0. The zero-order chi connectivity index (χ0) is 26.1. The molecular formula is C30H27NO4S. The number of imide groups is 1. The summed E-state index contributed by atoms with van der Waals surface area (Å²) in [7, 11) is 0. The molecule has 0 spiro atoms. The van der Waals surface area contributed by atoms with E-state index in [0.29, 0.717) is 22.6 Å². The number of carbonyl (C=O) groups excluding carboxylic acids is 3. The van der Waals surface area contributed by atoms with Crippen LogP contribution in [-0.4, -0.2) is 17.8 Å². The molecular weight excluding hydrogens is 470 g/mol. The van der Waals surface area contributed by atoms with Crippen molar-refractivity contribution in [1.29, 1.82) is 0 Å². The highest BCUT2D eigenvalue weighted by Gasteiger charge is 2.42. The van der Waals surface area contributed by atoms with Crippen molar-refractivity contribution >= 4 is 40.4 Å². The maximum absolute atomic E-state index is 13.7. The number of aryl methyl sites for hydroxylation is 1. The number of allylic oxidation sites excluding steroid dienone is 2. The number of anilines is 1. The molecule has 4 rings (SSSR count). The lowest BCUT2D eigenvalue weighted by Crippen LogP contribution is -2.29. The summed E-state index contributed by atoms with van der Waals surface area (Å²) in [6.07, 6.45) is 0. The highest BCUT2D eigenvalue weighted by molar-refractivity contribution is 7.15. The molecule has 0 saturated carbocycles. The maximum Gasteiger partial charge on any atom is 0.338 e. The van der Waals surface area contributed by atoms with Crippen molar-refractivity contribution in [2.45, 2.75) is 34.6 Å². The molecule has 0 atom stereocenters. The highest BCUT2D eigenvalue weighted by atomic mass is 32.1. The van der Waals surface area contributed by atoms with E-state index >= 15 is 0 Å². The van der Waals surface area contributed by atoms with Crippen LogP contribution in [0.15, 0.2) is 89.5 Å². The summed E-state index contributed by atoms with van der Waals surface area (Å²) >= 11 is 1.66. The van der Waals surface area contributed by atoms with E-state index in [4.69, 9.17) is 4.74 Å². The SMILES string of the molecule is C=C(C)C(=O)Oc1ccc(N2C(=O)C(=C(C)C)/C(=C(/C)c3cc(-c4ccccc4)sc3C)C2=O)cc1. The Bertz CT molecular complexity index is 1450. The minimum Gasteiger partial charge on any atom is -0.423 e. The number of nitrogens with zero attached hydrogens (tertiary/aromatic N) is 1. The average Bonchev–Trinajstić information content (AvgIpc) is 3.36. The van der Waals surface area contributed by atoms with E-state index < -0.39 is 5.97 Å². The van der Waals surface area contributed by atoms with Crippen LogP contribution in [0, 0.1) is 6.92 Å². The summed E-state index contributed by atoms with van der Waals surface area (Å²) < 4.78 is 5.23. The molecule has 2 heterocycles. The molecule has 1 fully saturated rings. The van der Waals surface area contributed by atoms with E-state index in [1.165, 1.54) is 4.90 Å². The summed E-state index contributed by atoms with van der Waals surface area (Å²) in [6.45, 7) is 12.7. The Morgan fingerprint density at radius 3 is 2.08 bits per heavy atom. The van der Waals surface area contributed by atoms with Gasteiger partial charge in [0.25, 0.3) is 11.8 Å². The Labute approximate surface area is 215 Å². The maximum atomic E-state index is 13.7. The molecule has 0 N–H and O–H groups in total. The van der Waals surface area contributed by atoms with E-state index in [9.17, 15) is 14.4 Å². The fraction of sp³-hybridized carbons (Fsp3) is 0.167. The van der Waals surface area contributed by atoms with Gasteiger partial charge in [0.05, 0.1) is 16.8 Å². The highest BCUT2D eigenvalue weighted by Crippen LogP contribution is 2.41. The monoisotopic (exact) mass is 497 g/mol. The molecule has 0 aliphatic carbocycles. The van der Waals surface area contributed by atoms with Crippen LogP contribution in [0.4, 0.5) is 5.69 Å². The molecule has 2 amide bonds. The number of hydrogen-bond donors (Lipinski definition) is 0. The van der Waals surface area contributed by atoms with Crippen molar-refractivity contribution in [3.05, 3.63) is 100.0 Å². The number of thiophene rings is 1. The van der Waals surface area contributed by atoms with Crippen LogP contribution < -0.4 is 9.64 Å². The third kappa shape index (κ3) is 4.60. The molecule has 1 aliphatic rings. The Balaban J connectivity index is 1.75. The van der Waals surface area contributed by atoms with Gasteiger partial charge in [0.1, 0.15) is 5.75 Å². The first-order valence-corrected chi connectivity index (χ1v) is 12.3. The minimum absolute atomic E-state index is 0.279. The van der Waals surface area contributed by atoms with E-state index in [1.807, 2.05) is 45.9 Å². The summed E-state index contributed by atoms with van der Waals surface area (Å²) in [5.41, 5.74) is 5.14. The topological polar surface area (TPSA) is 63.7 Å². The predicted molar refractivity (Wildman–Crippen MR) is 145 cm³/mol. The lowest BCUT2D eigenvalue weighted by atomic mass is 9.95. The molecule has 182 valence electrons. The van der Waals surface area contributed by atoms with Gasteiger partial charge in [-0.1, -0.05) is 42.5 Å². The lowest BCUT2D eigenvalue weighted by Gasteiger charge is -2.14. The van der Waals surface area contributed by atoms with Crippen molar-refractivity contribution in [2.75, 3.05) is 4.90 Å². The number of amides is 2. The average molecular weight is 498 g/mol. The minimum atomic E-state index is -0.537. The summed E-state index contributed by atoms with van der Waals surface area (Å²) in [4.78, 5) is 42.4. The molecule has 3 aromatic rings. The Morgan fingerprint density at radius 2 is 1.50 bits per heavy atom. The number of esters is 1. The van der Waals surface area contributed by atoms with Crippen LogP contribution in [0.2, 0.25) is 0 Å². The second kappa shape index (κ2) is 9.91. The molecule has 0 bridgehead atoms. The van der Waals surface area contributed by atoms with Gasteiger partial charge in [-0.3, -0.25) is 9.59 Å². The Kier molecular flexibility index (Phi) is 6.91. The molecule has 6 heteroatoms. The normalized spacial score (nSPS) is 14.8. The van der Waals surface area contributed by atoms with Crippen LogP contribution in [0.25, 0.3) is 16.0 Å². The van der Waals surface area contributed by atoms with Gasteiger partial charge in [0, 0.05) is 15.3 Å². The molecule has 5 nitrogen and oxygen atoms in total. The fourth-order valence-electron chi connectivity index (χ4n) is 4.17. The Hall–Kier alpha value is -4.03. The molecule has 36 heavy (non-hydrogen) atoms. The lowest BCUT2D eigenvalue weighted by molar-refractivity contribution is -0.130. The largest absolute Gasteiger partial charge is 0.423 e. The molecule has 1 saturated heterocycles. The van der Waals surface area contributed by atoms with E-state index in [-0.39, 0.29) is 17.4 Å². The van der Waals surface area contributed by atoms with Crippen molar-refractivity contribution < 1.29 is 19.1 Å². The van der Waals surface area contributed by atoms with Crippen LogP contribution in [0.3, 0.4) is 0 Å². The summed E-state index contributed by atoms with van der Waals surface area (Å²) in [6, 6.07) is 18.5. The zero-order valence-electron chi connectivity index (χ0n) is 21.0. The fourth-order valence-corrected chi connectivity index (χ4v) is 5.25. The smallest absolute Gasteiger partial charge is 0.338 e. The van der Waals surface area contributed by atoms with E-state index in [1.54, 1.807) is 42.5 Å².